The van der Waals surface area contributed by atoms with E-state index in [-0.39, 0.29) is 5.56 Å². The number of rotatable bonds is 1. The molecule has 0 saturated heterocycles. The van der Waals surface area contributed by atoms with Gasteiger partial charge < -0.3 is 5.73 Å². The Labute approximate surface area is 72.2 Å². The van der Waals surface area contributed by atoms with E-state index in [4.69, 9.17) is 5.73 Å². The van der Waals surface area contributed by atoms with Gasteiger partial charge in [-0.3, -0.25) is 4.79 Å². The van der Waals surface area contributed by atoms with Crippen molar-refractivity contribution in [2.45, 2.75) is 6.18 Å². The highest BCUT2D eigenvalue weighted by atomic mass is 19.4. The fourth-order valence-corrected chi connectivity index (χ4v) is 0.754. The van der Waals surface area contributed by atoms with Crippen LogP contribution < -0.4 is 5.73 Å². The topological polar surface area (TPSA) is 43.1 Å². The molecule has 1 aromatic rings. The summed E-state index contributed by atoms with van der Waals surface area (Å²) < 4.78 is 36.0. The zero-order valence-corrected chi connectivity index (χ0v) is 6.35. The Kier molecular flexibility index (Phi) is 2.27. The van der Waals surface area contributed by atoms with E-state index in [1.165, 1.54) is 0 Å². The van der Waals surface area contributed by atoms with Crippen molar-refractivity contribution in [2.75, 3.05) is 0 Å². The number of hydrogen-bond acceptors (Lipinski definition) is 1. The molecule has 0 unspecified atom stereocenters. The molecule has 0 spiro atoms. The third kappa shape index (κ3) is 2.21. The van der Waals surface area contributed by atoms with Gasteiger partial charge in [-0.2, -0.15) is 13.2 Å². The Hall–Kier alpha value is -1.52. The maximum atomic E-state index is 12.0. The van der Waals surface area contributed by atoms with Crippen LogP contribution in [0.4, 0.5) is 13.2 Å². The van der Waals surface area contributed by atoms with Crippen LogP contribution in [-0.2, 0) is 6.18 Å². The Bertz CT molecular complexity index is 315. The number of alkyl halides is 3. The lowest BCUT2D eigenvalue weighted by atomic mass is 10.1. The minimum absolute atomic E-state index is 0.0620. The quantitative estimate of drug-likeness (QED) is 0.714. The summed E-state index contributed by atoms with van der Waals surface area (Å²) in [6.07, 6.45) is -4.41. The normalized spacial score (nSPS) is 11.3. The number of primary amides is 1. The summed E-state index contributed by atoms with van der Waals surface area (Å²) in [4.78, 5) is 10.5. The molecule has 0 fully saturated rings. The highest BCUT2D eigenvalue weighted by Crippen LogP contribution is 2.28. The molecule has 2 N–H and O–H groups in total. The summed E-state index contributed by atoms with van der Waals surface area (Å²) in [5.41, 5.74) is 3.91. The SMILES string of the molecule is NC(=O)c1[c]cc(C(F)(F)F)cc1. The van der Waals surface area contributed by atoms with Crippen molar-refractivity contribution in [3.63, 3.8) is 0 Å². The minimum Gasteiger partial charge on any atom is -0.366 e. The molecular weight excluding hydrogens is 183 g/mol. The predicted octanol–water partition coefficient (Wildman–Crippen LogP) is 1.60. The molecule has 13 heavy (non-hydrogen) atoms. The van der Waals surface area contributed by atoms with Crippen molar-refractivity contribution >= 4 is 5.91 Å². The maximum Gasteiger partial charge on any atom is 0.416 e. The molecule has 0 bridgehead atoms. The lowest BCUT2D eigenvalue weighted by Crippen LogP contribution is -2.12. The van der Waals surface area contributed by atoms with Crippen LogP contribution >= 0.6 is 0 Å². The zero-order valence-electron chi connectivity index (χ0n) is 6.35. The van der Waals surface area contributed by atoms with Gasteiger partial charge in [-0.05, 0) is 24.3 Å². The van der Waals surface area contributed by atoms with E-state index in [0.717, 1.165) is 12.1 Å². The summed E-state index contributed by atoms with van der Waals surface area (Å²) in [6.45, 7) is 0. The van der Waals surface area contributed by atoms with Crippen LogP contribution in [0.2, 0.25) is 0 Å². The molecular formula is C8H5F3NO. The van der Waals surface area contributed by atoms with E-state index in [1.807, 2.05) is 0 Å². The average Bonchev–Trinajstić information content (AvgIpc) is 2.03. The summed E-state index contributed by atoms with van der Waals surface area (Å²) in [5, 5.41) is 0. The molecule has 0 atom stereocenters. The van der Waals surface area contributed by atoms with Gasteiger partial charge in [0.05, 0.1) is 5.56 Å². The molecule has 0 aromatic heterocycles. The van der Waals surface area contributed by atoms with Gasteiger partial charge in [0, 0.05) is 5.56 Å². The lowest BCUT2D eigenvalue weighted by Gasteiger charge is -2.05. The summed E-state index contributed by atoms with van der Waals surface area (Å²) >= 11 is 0. The van der Waals surface area contributed by atoms with E-state index in [9.17, 15) is 18.0 Å². The molecule has 1 amide bonds. The maximum absolute atomic E-state index is 12.0. The van der Waals surface area contributed by atoms with Gasteiger partial charge in [-0.25, -0.2) is 0 Å². The Morgan fingerprint density at radius 3 is 2.31 bits per heavy atom. The predicted molar refractivity (Wildman–Crippen MR) is 38.8 cm³/mol. The fraction of sp³-hybridized carbons (Fsp3) is 0.125. The fourth-order valence-electron chi connectivity index (χ4n) is 0.754. The number of nitrogens with two attached hydrogens (primary N) is 1. The molecule has 1 aromatic carbocycles. The number of halogens is 3. The summed E-state index contributed by atoms with van der Waals surface area (Å²) in [7, 11) is 0. The molecule has 2 nitrogen and oxygen atoms in total. The number of benzene rings is 1. The Morgan fingerprint density at radius 2 is 2.00 bits per heavy atom. The zero-order chi connectivity index (χ0) is 10.1. The van der Waals surface area contributed by atoms with Crippen molar-refractivity contribution in [1.82, 2.24) is 0 Å². The third-order valence-electron chi connectivity index (χ3n) is 1.41. The van der Waals surface area contributed by atoms with Crippen LogP contribution in [-0.4, -0.2) is 5.91 Å². The second kappa shape index (κ2) is 3.08. The molecule has 1 rings (SSSR count). The van der Waals surface area contributed by atoms with E-state index in [2.05, 4.69) is 6.07 Å². The first-order valence-electron chi connectivity index (χ1n) is 3.30. The second-order valence-electron chi connectivity index (χ2n) is 2.35. The first-order chi connectivity index (χ1) is 5.91. The number of carbonyl (C=O) groups is 1. The van der Waals surface area contributed by atoms with Crippen LogP contribution in [0.5, 0.6) is 0 Å². The monoisotopic (exact) mass is 188 g/mol. The van der Waals surface area contributed by atoms with Crippen molar-refractivity contribution in [2.24, 2.45) is 5.73 Å². The van der Waals surface area contributed by atoms with Gasteiger partial charge >= 0.3 is 6.18 Å². The van der Waals surface area contributed by atoms with Crippen LogP contribution in [0.25, 0.3) is 0 Å². The van der Waals surface area contributed by atoms with Gasteiger partial charge in [0.25, 0.3) is 0 Å². The van der Waals surface area contributed by atoms with Crippen LogP contribution in [0, 0.1) is 6.07 Å². The Morgan fingerprint density at radius 1 is 1.38 bits per heavy atom. The van der Waals surface area contributed by atoms with E-state index in [1.54, 1.807) is 0 Å². The minimum atomic E-state index is -4.41. The smallest absolute Gasteiger partial charge is 0.366 e. The molecule has 1 radical (unpaired) electrons. The lowest BCUT2D eigenvalue weighted by molar-refractivity contribution is -0.137. The molecule has 5 heteroatoms. The molecule has 0 aliphatic rings. The van der Waals surface area contributed by atoms with Crippen molar-refractivity contribution in [3.05, 3.63) is 35.4 Å². The molecule has 69 valence electrons. The largest absolute Gasteiger partial charge is 0.416 e. The molecule has 0 aliphatic heterocycles. The van der Waals surface area contributed by atoms with Gasteiger partial charge in [0.15, 0.2) is 0 Å². The van der Waals surface area contributed by atoms with Gasteiger partial charge in [0.2, 0.25) is 5.91 Å². The first kappa shape index (κ1) is 9.57. The highest BCUT2D eigenvalue weighted by molar-refractivity contribution is 5.92. The molecule has 0 heterocycles. The van der Waals surface area contributed by atoms with Crippen molar-refractivity contribution in [3.8, 4) is 0 Å². The standard InChI is InChI=1S/C8H5F3NO/c9-8(10,11)6-3-1-5(2-4-6)7(12)13/h1,3-4H,(H2,12,13). The molecule has 0 saturated carbocycles. The summed E-state index contributed by atoms with van der Waals surface area (Å²) in [5.74, 6) is -0.797. The summed E-state index contributed by atoms with van der Waals surface area (Å²) in [6, 6.07) is 4.62. The van der Waals surface area contributed by atoms with Crippen LogP contribution in [0.15, 0.2) is 18.2 Å². The van der Waals surface area contributed by atoms with Crippen LogP contribution in [0.1, 0.15) is 15.9 Å². The highest BCUT2D eigenvalue weighted by Gasteiger charge is 2.30. The average molecular weight is 188 g/mol. The van der Waals surface area contributed by atoms with Crippen LogP contribution in [0.3, 0.4) is 0 Å². The Balaban J connectivity index is 3.01. The number of hydrogen-bond donors (Lipinski definition) is 1. The van der Waals surface area contributed by atoms with E-state index >= 15 is 0 Å². The third-order valence-corrected chi connectivity index (χ3v) is 1.41. The van der Waals surface area contributed by atoms with Gasteiger partial charge in [0.1, 0.15) is 0 Å². The number of amides is 1. The van der Waals surface area contributed by atoms with E-state index < -0.39 is 17.6 Å². The van der Waals surface area contributed by atoms with Gasteiger partial charge in [-0.15, -0.1) is 0 Å². The van der Waals surface area contributed by atoms with E-state index in [0.29, 0.717) is 6.07 Å². The second-order valence-corrected chi connectivity index (χ2v) is 2.35. The van der Waals surface area contributed by atoms with Crippen molar-refractivity contribution in [1.29, 1.82) is 0 Å². The number of carbonyl (C=O) groups excluding carboxylic acids is 1. The van der Waals surface area contributed by atoms with Gasteiger partial charge in [-0.1, -0.05) is 0 Å². The first-order valence-corrected chi connectivity index (χ1v) is 3.30. The molecule has 0 aliphatic carbocycles. The van der Waals surface area contributed by atoms with Crippen molar-refractivity contribution < 1.29 is 18.0 Å².